The first-order valence-electron chi connectivity index (χ1n) is 5.76. The molecule has 0 bridgehead atoms. The Balaban J connectivity index is 3.42. The minimum absolute atomic E-state index is 0.567. The summed E-state index contributed by atoms with van der Waals surface area (Å²) in [6, 6.07) is 2.18. The molecule has 0 amide bonds. The van der Waals surface area contributed by atoms with Crippen molar-refractivity contribution in [3.05, 3.63) is 33.9 Å². The third-order valence-electron chi connectivity index (χ3n) is 3.43. The van der Waals surface area contributed by atoms with Crippen LogP contribution in [0.3, 0.4) is 0 Å². The maximum atomic E-state index is 10.5. The zero-order chi connectivity index (χ0) is 12.5. The average molecular weight is 221 g/mol. The van der Waals surface area contributed by atoms with Gasteiger partial charge in [0.1, 0.15) is 0 Å². The molecule has 1 aromatic carbocycles. The van der Waals surface area contributed by atoms with Crippen molar-refractivity contribution in [2.24, 2.45) is 0 Å². The van der Waals surface area contributed by atoms with Gasteiger partial charge in [-0.3, -0.25) is 0 Å². The first-order chi connectivity index (χ1) is 7.31. The van der Waals surface area contributed by atoms with Crippen LogP contribution < -0.4 is 5.32 Å². The Morgan fingerprint density at radius 2 is 1.56 bits per heavy atom. The first-order valence-corrected chi connectivity index (χ1v) is 5.76. The maximum absolute atomic E-state index is 10.5. The fourth-order valence-corrected chi connectivity index (χ4v) is 2.46. The number of aryl methyl sites for hydroxylation is 2. The fourth-order valence-electron chi connectivity index (χ4n) is 2.46. The van der Waals surface area contributed by atoms with Crippen LogP contribution in [-0.2, 0) is 5.60 Å². The summed E-state index contributed by atoms with van der Waals surface area (Å²) < 4.78 is 0. The molecule has 0 aliphatic rings. The molecule has 2 nitrogen and oxygen atoms in total. The second-order valence-electron chi connectivity index (χ2n) is 4.94. The van der Waals surface area contributed by atoms with E-state index >= 15 is 0 Å². The van der Waals surface area contributed by atoms with Gasteiger partial charge < -0.3 is 10.4 Å². The lowest BCUT2D eigenvalue weighted by molar-refractivity contribution is 0.0577. The van der Waals surface area contributed by atoms with Gasteiger partial charge in [0, 0.05) is 6.54 Å². The van der Waals surface area contributed by atoms with Gasteiger partial charge in [-0.15, -0.1) is 0 Å². The molecule has 0 aliphatic heterocycles. The molecule has 0 spiro atoms. The Morgan fingerprint density at radius 3 is 1.94 bits per heavy atom. The molecule has 90 valence electrons. The summed E-state index contributed by atoms with van der Waals surface area (Å²) in [6.07, 6.45) is 0. The summed E-state index contributed by atoms with van der Waals surface area (Å²) in [5.41, 5.74) is 5.15. The summed E-state index contributed by atoms with van der Waals surface area (Å²) in [5.74, 6) is 0. The van der Waals surface area contributed by atoms with Gasteiger partial charge in [-0.25, -0.2) is 0 Å². The largest absolute Gasteiger partial charge is 0.384 e. The van der Waals surface area contributed by atoms with Crippen LogP contribution in [0.1, 0.15) is 34.7 Å². The molecule has 2 N–H and O–H groups in total. The number of likely N-dealkylation sites (N-methyl/N-ethyl adjacent to an activating group) is 1. The minimum atomic E-state index is -0.806. The molecular formula is C14H23NO. The van der Waals surface area contributed by atoms with Crippen molar-refractivity contribution in [1.82, 2.24) is 5.32 Å². The van der Waals surface area contributed by atoms with Crippen molar-refractivity contribution in [1.29, 1.82) is 0 Å². The molecule has 1 unspecified atom stereocenters. The monoisotopic (exact) mass is 221 g/mol. The molecule has 1 aromatic rings. The van der Waals surface area contributed by atoms with Gasteiger partial charge >= 0.3 is 0 Å². The average Bonchev–Trinajstić information content (AvgIpc) is 2.14. The Morgan fingerprint density at radius 1 is 1.12 bits per heavy atom. The number of aliphatic hydroxyl groups is 1. The summed E-state index contributed by atoms with van der Waals surface area (Å²) in [4.78, 5) is 0. The Bertz CT molecular complexity index is 368. The molecule has 2 heteroatoms. The Labute approximate surface area is 98.7 Å². The molecule has 0 saturated carbocycles. The van der Waals surface area contributed by atoms with Crippen LogP contribution in [0.2, 0.25) is 0 Å². The molecule has 1 rings (SSSR count). The lowest BCUT2D eigenvalue weighted by Gasteiger charge is -2.29. The smallest absolute Gasteiger partial charge is 0.0997 e. The normalized spacial score (nSPS) is 14.9. The van der Waals surface area contributed by atoms with E-state index < -0.39 is 5.60 Å². The predicted molar refractivity (Wildman–Crippen MR) is 68.9 cm³/mol. The number of nitrogens with one attached hydrogen (secondary N) is 1. The number of hydrogen-bond acceptors (Lipinski definition) is 2. The van der Waals surface area contributed by atoms with Crippen LogP contribution in [0.5, 0.6) is 0 Å². The minimum Gasteiger partial charge on any atom is -0.384 e. The molecular weight excluding hydrogens is 198 g/mol. The van der Waals surface area contributed by atoms with E-state index in [0.717, 1.165) is 5.56 Å². The third kappa shape index (κ3) is 2.28. The van der Waals surface area contributed by atoms with Crippen LogP contribution in [0.25, 0.3) is 0 Å². The van der Waals surface area contributed by atoms with Crippen LogP contribution in [0, 0.1) is 27.7 Å². The van der Waals surface area contributed by atoms with Crippen LogP contribution in [-0.4, -0.2) is 18.7 Å². The van der Waals surface area contributed by atoms with Gasteiger partial charge in [0.05, 0.1) is 5.60 Å². The first kappa shape index (κ1) is 13.2. The molecule has 0 aliphatic carbocycles. The van der Waals surface area contributed by atoms with Crippen molar-refractivity contribution in [2.75, 3.05) is 13.6 Å². The van der Waals surface area contributed by atoms with Gasteiger partial charge in [0.2, 0.25) is 0 Å². The van der Waals surface area contributed by atoms with Crippen molar-refractivity contribution in [3.63, 3.8) is 0 Å². The van der Waals surface area contributed by atoms with Crippen molar-refractivity contribution >= 4 is 0 Å². The highest BCUT2D eigenvalue weighted by Crippen LogP contribution is 2.30. The maximum Gasteiger partial charge on any atom is 0.0997 e. The second-order valence-corrected chi connectivity index (χ2v) is 4.94. The van der Waals surface area contributed by atoms with Crippen molar-refractivity contribution in [3.8, 4) is 0 Å². The van der Waals surface area contributed by atoms with Crippen LogP contribution >= 0.6 is 0 Å². The van der Waals surface area contributed by atoms with Crippen LogP contribution in [0.4, 0.5) is 0 Å². The molecule has 0 saturated heterocycles. The quantitative estimate of drug-likeness (QED) is 0.821. The zero-order valence-electron chi connectivity index (χ0n) is 11.2. The number of hydrogen-bond donors (Lipinski definition) is 2. The summed E-state index contributed by atoms with van der Waals surface area (Å²) in [6.45, 7) is 10.8. The molecule has 0 fully saturated rings. The van der Waals surface area contributed by atoms with Gasteiger partial charge in [-0.2, -0.15) is 0 Å². The van der Waals surface area contributed by atoms with Gasteiger partial charge in [-0.05, 0) is 69.5 Å². The molecule has 1 atom stereocenters. The Hall–Kier alpha value is -0.860. The second kappa shape index (κ2) is 4.56. The van der Waals surface area contributed by atoms with Gasteiger partial charge in [-0.1, -0.05) is 6.07 Å². The predicted octanol–water partition coefficient (Wildman–Crippen LogP) is 2.35. The van der Waals surface area contributed by atoms with Crippen LogP contribution in [0.15, 0.2) is 6.07 Å². The highest BCUT2D eigenvalue weighted by molar-refractivity contribution is 5.47. The zero-order valence-corrected chi connectivity index (χ0v) is 11.2. The molecule has 16 heavy (non-hydrogen) atoms. The summed E-state index contributed by atoms with van der Waals surface area (Å²) in [5, 5.41) is 13.6. The molecule has 0 radical (unpaired) electrons. The van der Waals surface area contributed by atoms with Gasteiger partial charge in [0.15, 0.2) is 0 Å². The van der Waals surface area contributed by atoms with E-state index in [4.69, 9.17) is 0 Å². The summed E-state index contributed by atoms with van der Waals surface area (Å²) >= 11 is 0. The van der Waals surface area contributed by atoms with E-state index in [1.165, 1.54) is 22.3 Å². The number of benzene rings is 1. The lowest BCUT2D eigenvalue weighted by Crippen LogP contribution is -2.35. The van der Waals surface area contributed by atoms with E-state index in [0.29, 0.717) is 6.54 Å². The topological polar surface area (TPSA) is 32.3 Å². The van der Waals surface area contributed by atoms with Crippen molar-refractivity contribution < 1.29 is 5.11 Å². The number of rotatable bonds is 3. The highest BCUT2D eigenvalue weighted by atomic mass is 16.3. The van der Waals surface area contributed by atoms with Gasteiger partial charge in [0.25, 0.3) is 0 Å². The van der Waals surface area contributed by atoms with E-state index in [2.05, 4.69) is 39.1 Å². The standard InChI is InChI=1S/C14H23NO/c1-9-7-10(2)12(4)13(11(9)3)14(5,16)8-15-6/h7,15-16H,8H2,1-6H3. The highest BCUT2D eigenvalue weighted by Gasteiger charge is 2.27. The summed E-state index contributed by atoms with van der Waals surface area (Å²) in [7, 11) is 1.86. The van der Waals surface area contributed by atoms with Crippen molar-refractivity contribution in [2.45, 2.75) is 40.2 Å². The van der Waals surface area contributed by atoms with E-state index in [-0.39, 0.29) is 0 Å². The molecule has 0 aromatic heterocycles. The Kier molecular flexibility index (Phi) is 3.76. The van der Waals surface area contributed by atoms with E-state index in [9.17, 15) is 5.11 Å². The fraction of sp³-hybridized carbons (Fsp3) is 0.571. The SMILES string of the molecule is CNCC(C)(O)c1c(C)c(C)cc(C)c1C. The van der Waals surface area contributed by atoms with E-state index in [1.54, 1.807) is 0 Å². The lowest BCUT2D eigenvalue weighted by atomic mass is 9.84. The third-order valence-corrected chi connectivity index (χ3v) is 3.43. The van der Waals surface area contributed by atoms with E-state index in [1.807, 2.05) is 14.0 Å². The molecule has 0 heterocycles.